The minimum atomic E-state index is -0.686. The van der Waals surface area contributed by atoms with Crippen LogP contribution in [0.3, 0.4) is 0 Å². The number of carbonyl (C=O) groups excluding carboxylic acids is 2. The summed E-state index contributed by atoms with van der Waals surface area (Å²) in [5, 5.41) is 3.56. The molecule has 21 heavy (non-hydrogen) atoms. The van der Waals surface area contributed by atoms with Crippen LogP contribution in [0.1, 0.15) is 24.4 Å². The zero-order chi connectivity index (χ0) is 15.0. The van der Waals surface area contributed by atoms with Gasteiger partial charge < -0.3 is 15.0 Å². The SMILES string of the molecule is CN1C(=O)COC(C(=O)NC2CC2)C1c1ccc(Cl)cc1. The molecule has 1 N–H and O–H groups in total. The Kier molecular flexibility index (Phi) is 3.87. The molecule has 2 amide bonds. The summed E-state index contributed by atoms with van der Waals surface area (Å²) in [5.74, 6) is -0.290. The van der Waals surface area contributed by atoms with Gasteiger partial charge in [0, 0.05) is 18.1 Å². The fourth-order valence-electron chi connectivity index (χ4n) is 2.50. The number of rotatable bonds is 3. The number of amides is 2. The number of likely N-dealkylation sites (N-methyl/N-ethyl adjacent to an activating group) is 1. The molecule has 1 aromatic rings. The molecule has 112 valence electrons. The molecule has 2 unspecified atom stereocenters. The fourth-order valence-corrected chi connectivity index (χ4v) is 2.63. The second kappa shape index (κ2) is 5.66. The van der Waals surface area contributed by atoms with E-state index in [1.165, 1.54) is 0 Å². The first kappa shape index (κ1) is 14.4. The Labute approximate surface area is 128 Å². The van der Waals surface area contributed by atoms with Crippen LogP contribution in [0.4, 0.5) is 0 Å². The summed E-state index contributed by atoms with van der Waals surface area (Å²) in [7, 11) is 1.70. The maximum atomic E-state index is 12.4. The van der Waals surface area contributed by atoms with Crippen LogP contribution >= 0.6 is 11.6 Å². The van der Waals surface area contributed by atoms with Gasteiger partial charge in [-0.15, -0.1) is 0 Å². The number of hydrogen-bond donors (Lipinski definition) is 1. The Morgan fingerprint density at radius 1 is 1.33 bits per heavy atom. The molecule has 0 radical (unpaired) electrons. The van der Waals surface area contributed by atoms with Crippen LogP contribution < -0.4 is 5.32 Å². The van der Waals surface area contributed by atoms with Gasteiger partial charge in [-0.1, -0.05) is 23.7 Å². The molecular weight excluding hydrogens is 292 g/mol. The number of ether oxygens (including phenoxy) is 1. The van der Waals surface area contributed by atoms with Crippen molar-refractivity contribution >= 4 is 23.4 Å². The van der Waals surface area contributed by atoms with Crippen LogP contribution in [-0.2, 0) is 14.3 Å². The third-order valence-electron chi connectivity index (χ3n) is 3.88. The fraction of sp³-hybridized carbons (Fsp3) is 0.467. The van der Waals surface area contributed by atoms with Gasteiger partial charge >= 0.3 is 0 Å². The van der Waals surface area contributed by atoms with Gasteiger partial charge in [-0.05, 0) is 30.5 Å². The standard InChI is InChI=1S/C15H17ClN2O3/c1-18-12(19)8-21-14(15(20)17-11-6-7-11)13(18)9-2-4-10(16)5-3-9/h2-5,11,13-14H,6-8H2,1H3,(H,17,20). The van der Waals surface area contributed by atoms with Crippen molar-refractivity contribution in [3.05, 3.63) is 34.9 Å². The molecule has 2 aliphatic rings. The van der Waals surface area contributed by atoms with Crippen molar-refractivity contribution in [2.24, 2.45) is 0 Å². The molecule has 5 nitrogen and oxygen atoms in total. The number of halogens is 1. The average Bonchev–Trinajstić information content (AvgIpc) is 3.27. The third-order valence-corrected chi connectivity index (χ3v) is 4.13. The van der Waals surface area contributed by atoms with E-state index in [0.717, 1.165) is 18.4 Å². The van der Waals surface area contributed by atoms with Crippen LogP contribution in [0, 0.1) is 0 Å². The monoisotopic (exact) mass is 308 g/mol. The summed E-state index contributed by atoms with van der Waals surface area (Å²) in [6.07, 6.45) is 1.34. The lowest BCUT2D eigenvalue weighted by Crippen LogP contribution is -2.53. The van der Waals surface area contributed by atoms with Crippen molar-refractivity contribution in [3.8, 4) is 0 Å². The number of benzene rings is 1. The molecule has 1 saturated heterocycles. The van der Waals surface area contributed by atoms with E-state index in [4.69, 9.17) is 16.3 Å². The Balaban J connectivity index is 1.86. The van der Waals surface area contributed by atoms with Crippen molar-refractivity contribution < 1.29 is 14.3 Å². The largest absolute Gasteiger partial charge is 0.356 e. The maximum Gasteiger partial charge on any atom is 0.251 e. The van der Waals surface area contributed by atoms with Gasteiger partial charge in [0.05, 0.1) is 6.04 Å². The lowest BCUT2D eigenvalue weighted by Gasteiger charge is -2.38. The van der Waals surface area contributed by atoms with Gasteiger partial charge in [0.2, 0.25) is 5.91 Å². The molecule has 0 spiro atoms. The molecule has 1 saturated carbocycles. The summed E-state index contributed by atoms with van der Waals surface area (Å²) in [4.78, 5) is 25.8. The molecule has 0 aromatic heterocycles. The lowest BCUT2D eigenvalue weighted by molar-refractivity contribution is -0.162. The Morgan fingerprint density at radius 2 is 2.00 bits per heavy atom. The van der Waals surface area contributed by atoms with E-state index in [-0.39, 0.29) is 24.5 Å². The average molecular weight is 309 g/mol. The first-order chi connectivity index (χ1) is 10.1. The van der Waals surface area contributed by atoms with Crippen molar-refractivity contribution in [1.29, 1.82) is 0 Å². The number of nitrogens with one attached hydrogen (secondary N) is 1. The molecule has 3 rings (SSSR count). The number of carbonyl (C=O) groups is 2. The Hall–Kier alpha value is -1.59. The topological polar surface area (TPSA) is 58.6 Å². The summed E-state index contributed by atoms with van der Waals surface area (Å²) in [6, 6.07) is 6.97. The van der Waals surface area contributed by atoms with Crippen LogP contribution in [-0.4, -0.2) is 42.5 Å². The second-order valence-corrected chi connectivity index (χ2v) is 5.95. The molecule has 1 heterocycles. The van der Waals surface area contributed by atoms with E-state index >= 15 is 0 Å². The predicted octanol–water partition coefficient (Wildman–Crippen LogP) is 1.52. The van der Waals surface area contributed by atoms with Crippen LogP contribution in [0.5, 0.6) is 0 Å². The highest BCUT2D eigenvalue weighted by Crippen LogP contribution is 2.30. The normalized spacial score (nSPS) is 25.8. The molecule has 1 aromatic carbocycles. The van der Waals surface area contributed by atoms with Gasteiger partial charge in [0.15, 0.2) is 6.10 Å². The first-order valence-electron chi connectivity index (χ1n) is 6.99. The zero-order valence-electron chi connectivity index (χ0n) is 11.7. The highest BCUT2D eigenvalue weighted by molar-refractivity contribution is 6.30. The summed E-state index contributed by atoms with van der Waals surface area (Å²) in [5.41, 5.74) is 0.839. The number of morpholine rings is 1. The van der Waals surface area contributed by atoms with Crippen molar-refractivity contribution in [1.82, 2.24) is 10.2 Å². The number of nitrogens with zero attached hydrogens (tertiary/aromatic N) is 1. The summed E-state index contributed by atoms with van der Waals surface area (Å²) in [6.45, 7) is -0.0661. The third kappa shape index (κ3) is 3.04. The quantitative estimate of drug-likeness (QED) is 0.921. The molecule has 1 aliphatic carbocycles. The molecule has 1 aliphatic heterocycles. The predicted molar refractivity (Wildman–Crippen MR) is 77.9 cm³/mol. The van der Waals surface area contributed by atoms with E-state index in [1.807, 2.05) is 12.1 Å². The number of hydrogen-bond acceptors (Lipinski definition) is 3. The van der Waals surface area contributed by atoms with E-state index in [2.05, 4.69) is 5.32 Å². The van der Waals surface area contributed by atoms with Gasteiger partial charge in [-0.2, -0.15) is 0 Å². The van der Waals surface area contributed by atoms with Gasteiger partial charge in [-0.3, -0.25) is 9.59 Å². The molecule has 0 bridgehead atoms. The van der Waals surface area contributed by atoms with E-state index < -0.39 is 12.1 Å². The highest BCUT2D eigenvalue weighted by Gasteiger charge is 2.41. The smallest absolute Gasteiger partial charge is 0.251 e. The van der Waals surface area contributed by atoms with Gasteiger partial charge in [-0.25, -0.2) is 0 Å². The lowest BCUT2D eigenvalue weighted by atomic mass is 9.97. The molecule has 6 heteroatoms. The van der Waals surface area contributed by atoms with E-state index in [1.54, 1.807) is 24.1 Å². The molecular formula is C15H17ClN2O3. The summed E-state index contributed by atoms with van der Waals surface area (Å²) < 4.78 is 5.51. The van der Waals surface area contributed by atoms with Crippen molar-refractivity contribution in [2.75, 3.05) is 13.7 Å². The Bertz CT molecular complexity index is 557. The van der Waals surface area contributed by atoms with Gasteiger partial charge in [0.25, 0.3) is 5.91 Å². The summed E-state index contributed by atoms with van der Waals surface area (Å²) >= 11 is 5.90. The van der Waals surface area contributed by atoms with Gasteiger partial charge in [0.1, 0.15) is 6.61 Å². The molecule has 2 atom stereocenters. The Morgan fingerprint density at radius 3 is 2.62 bits per heavy atom. The van der Waals surface area contributed by atoms with Crippen LogP contribution in [0.15, 0.2) is 24.3 Å². The minimum Gasteiger partial charge on any atom is -0.356 e. The first-order valence-corrected chi connectivity index (χ1v) is 7.37. The minimum absolute atomic E-state index is 0.0661. The highest BCUT2D eigenvalue weighted by atomic mass is 35.5. The van der Waals surface area contributed by atoms with Crippen molar-refractivity contribution in [3.63, 3.8) is 0 Å². The van der Waals surface area contributed by atoms with Crippen LogP contribution in [0.25, 0.3) is 0 Å². The zero-order valence-corrected chi connectivity index (χ0v) is 12.5. The molecule has 2 fully saturated rings. The van der Waals surface area contributed by atoms with E-state index in [9.17, 15) is 9.59 Å². The van der Waals surface area contributed by atoms with E-state index in [0.29, 0.717) is 5.02 Å². The van der Waals surface area contributed by atoms with Crippen LogP contribution in [0.2, 0.25) is 5.02 Å². The van der Waals surface area contributed by atoms with Crippen molar-refractivity contribution in [2.45, 2.75) is 31.0 Å². The maximum absolute atomic E-state index is 12.4. The second-order valence-electron chi connectivity index (χ2n) is 5.52.